The van der Waals surface area contributed by atoms with Gasteiger partial charge in [0.2, 0.25) is 5.56 Å². The number of likely N-dealkylation sites (tertiary alicyclic amines) is 1. The molecule has 3 aromatic carbocycles. The number of aliphatic hydroxyl groups excluding tert-OH is 1. The van der Waals surface area contributed by atoms with E-state index in [2.05, 4.69) is 20.5 Å². The number of benzene rings is 3. The minimum Gasteiger partial charge on any atom is -0.506 e. The molecule has 0 spiro atoms. The van der Waals surface area contributed by atoms with Gasteiger partial charge < -0.3 is 40.2 Å². The SMILES string of the molecule is O=C(NC1(c2cccs2)CN(C(=O)c2ccc(OCc3ccc(CNC[C@H](O)c4ccc(O)c5[nH]c(=O)ccc45)cc3)cc2)C1)O[C@H]1CN2CCC1CC2. The Morgan fingerprint density at radius 3 is 2.43 bits per heavy atom. The molecule has 0 saturated carbocycles. The Kier molecular flexibility index (Phi) is 10.1. The summed E-state index contributed by atoms with van der Waals surface area (Å²) in [6, 6.07) is 25.1. The maximum absolute atomic E-state index is 13.5. The molecule has 2 aromatic heterocycles. The number of aromatic nitrogens is 1. The number of H-pyrrole nitrogens is 1. The molecule has 2 bridgehead atoms. The van der Waals surface area contributed by atoms with Crippen LogP contribution in [0.2, 0.25) is 0 Å². The van der Waals surface area contributed by atoms with Crippen LogP contribution >= 0.6 is 11.3 Å². The summed E-state index contributed by atoms with van der Waals surface area (Å²) in [6.07, 6.45) is 0.784. The zero-order valence-corrected chi connectivity index (χ0v) is 30.5. The Morgan fingerprint density at radius 1 is 0.963 bits per heavy atom. The minimum atomic E-state index is -0.841. The molecule has 0 unspecified atom stereocenters. The van der Waals surface area contributed by atoms with Crippen LogP contribution in [0, 0.1) is 5.92 Å². The number of nitrogens with one attached hydrogen (secondary N) is 3. The number of nitrogens with zero attached hydrogens (tertiary/aromatic N) is 2. The van der Waals surface area contributed by atoms with Crippen LogP contribution in [0.15, 0.2) is 95.1 Å². The number of ether oxygens (including phenoxy) is 2. The van der Waals surface area contributed by atoms with E-state index in [9.17, 15) is 24.6 Å². The maximum atomic E-state index is 13.5. The summed E-state index contributed by atoms with van der Waals surface area (Å²) >= 11 is 1.57. The number of aromatic amines is 1. The van der Waals surface area contributed by atoms with Crippen LogP contribution in [-0.2, 0) is 23.4 Å². The molecule has 5 aromatic rings. The lowest BCUT2D eigenvalue weighted by molar-refractivity contribution is -0.0402. The van der Waals surface area contributed by atoms with Crippen LogP contribution in [0.1, 0.15) is 50.9 Å². The number of hydrogen-bond acceptors (Lipinski definition) is 10. The van der Waals surface area contributed by atoms with Crippen LogP contribution in [-0.4, -0.2) is 82.4 Å². The standard InChI is InChI=1S/C41H43N5O7S/c47-33-13-11-31(32-12-14-37(49)43-38(32)33)34(48)21-42-20-26-3-5-27(6-4-26)23-52-30-9-7-29(8-10-30)39(50)46-24-41(25-46,36-2-1-19-54-36)44-40(51)53-35-22-45-17-15-28(35)16-18-45/h1-14,19,28,34-35,42,47-48H,15-18,20-25H2,(H,43,49)(H,44,51)/t34-,35-/m0/s1. The number of thiophene rings is 1. The van der Waals surface area contributed by atoms with E-state index in [1.54, 1.807) is 52.6 Å². The first-order valence-corrected chi connectivity index (χ1v) is 19.2. The van der Waals surface area contributed by atoms with Crippen molar-refractivity contribution >= 4 is 34.2 Å². The average molecular weight is 750 g/mol. The van der Waals surface area contributed by atoms with E-state index < -0.39 is 17.7 Å². The molecule has 13 heteroatoms. The molecule has 5 N–H and O–H groups in total. The van der Waals surface area contributed by atoms with Crippen LogP contribution in [0.3, 0.4) is 0 Å². The fourth-order valence-electron chi connectivity index (χ4n) is 7.81. The summed E-state index contributed by atoms with van der Waals surface area (Å²) in [4.78, 5) is 46.0. The first-order chi connectivity index (χ1) is 26.2. The van der Waals surface area contributed by atoms with E-state index in [1.807, 2.05) is 41.8 Å². The Morgan fingerprint density at radius 2 is 1.72 bits per heavy atom. The molecule has 0 aliphatic carbocycles. The third kappa shape index (κ3) is 7.58. The van der Waals surface area contributed by atoms with E-state index >= 15 is 0 Å². The number of phenolic OH excluding ortho intramolecular Hbond substituents is 1. The van der Waals surface area contributed by atoms with Crippen molar-refractivity contribution in [3.8, 4) is 11.5 Å². The van der Waals surface area contributed by atoms with Gasteiger partial charge in [0.15, 0.2) is 0 Å². The maximum Gasteiger partial charge on any atom is 0.408 e. The quantitative estimate of drug-likeness (QED) is 0.120. The highest BCUT2D eigenvalue weighted by Gasteiger charge is 2.49. The summed E-state index contributed by atoms with van der Waals surface area (Å²) in [5.74, 6) is 0.913. The number of fused-ring (bicyclic) bond motifs is 4. The van der Waals surface area contributed by atoms with Crippen molar-refractivity contribution in [1.29, 1.82) is 0 Å². The largest absolute Gasteiger partial charge is 0.506 e. The van der Waals surface area contributed by atoms with E-state index in [0.29, 0.717) is 59.9 Å². The molecular weight excluding hydrogens is 707 g/mol. The second kappa shape index (κ2) is 15.3. The van der Waals surface area contributed by atoms with Gasteiger partial charge in [-0.15, -0.1) is 11.3 Å². The van der Waals surface area contributed by atoms with Crippen molar-refractivity contribution in [3.05, 3.63) is 128 Å². The van der Waals surface area contributed by atoms with Gasteiger partial charge in [-0.1, -0.05) is 36.4 Å². The molecule has 2 atom stereocenters. The van der Waals surface area contributed by atoms with Crippen LogP contribution < -0.4 is 20.9 Å². The molecule has 4 saturated heterocycles. The summed E-state index contributed by atoms with van der Waals surface area (Å²) in [7, 11) is 0. The number of aliphatic hydroxyl groups is 1. The molecule has 9 rings (SSSR count). The summed E-state index contributed by atoms with van der Waals surface area (Å²) in [5, 5.41) is 29.9. The van der Waals surface area contributed by atoms with Crippen molar-refractivity contribution in [2.24, 2.45) is 5.92 Å². The number of phenols is 1. The molecule has 280 valence electrons. The van der Waals surface area contributed by atoms with Gasteiger partial charge in [0.05, 0.1) is 24.7 Å². The normalized spacial score (nSPS) is 20.6. The minimum absolute atomic E-state index is 0.0453. The molecule has 4 aliphatic rings. The average Bonchev–Trinajstić information content (AvgIpc) is 3.72. The first-order valence-electron chi connectivity index (χ1n) is 18.3. The number of rotatable bonds is 12. The second-order valence-corrected chi connectivity index (χ2v) is 15.4. The van der Waals surface area contributed by atoms with Crippen molar-refractivity contribution in [3.63, 3.8) is 0 Å². The number of aromatic hydroxyl groups is 1. The lowest BCUT2D eigenvalue weighted by Crippen LogP contribution is -2.69. The molecule has 0 radical (unpaired) electrons. The van der Waals surface area contributed by atoms with Crippen molar-refractivity contribution in [2.45, 2.75) is 43.7 Å². The van der Waals surface area contributed by atoms with Gasteiger partial charge in [-0.05, 0) is 96.4 Å². The van der Waals surface area contributed by atoms with Crippen LogP contribution in [0.25, 0.3) is 10.9 Å². The highest BCUT2D eigenvalue weighted by Crippen LogP contribution is 2.37. The third-order valence-corrected chi connectivity index (χ3v) is 11.9. The fraction of sp³-hybridized carbons (Fsp3) is 0.341. The van der Waals surface area contributed by atoms with Gasteiger partial charge in [0, 0.05) is 41.5 Å². The summed E-state index contributed by atoms with van der Waals surface area (Å²) in [5.41, 5.74) is 2.48. The second-order valence-electron chi connectivity index (χ2n) is 14.5. The van der Waals surface area contributed by atoms with Crippen LogP contribution in [0.5, 0.6) is 11.5 Å². The van der Waals surface area contributed by atoms with Gasteiger partial charge >= 0.3 is 6.09 Å². The Balaban J connectivity index is 0.800. The number of carbonyl (C=O) groups excluding carboxylic acids is 2. The lowest BCUT2D eigenvalue weighted by atomic mass is 9.86. The van der Waals surface area contributed by atoms with Gasteiger partial charge in [-0.25, -0.2) is 4.79 Å². The van der Waals surface area contributed by atoms with Gasteiger partial charge in [0.1, 0.15) is 29.7 Å². The number of hydrogen-bond donors (Lipinski definition) is 5. The van der Waals surface area contributed by atoms with Crippen molar-refractivity contribution < 1.29 is 29.3 Å². The molecule has 12 nitrogen and oxygen atoms in total. The molecule has 4 aliphatic heterocycles. The zero-order valence-electron chi connectivity index (χ0n) is 29.7. The van der Waals surface area contributed by atoms with Gasteiger partial charge in [0.25, 0.3) is 5.91 Å². The zero-order chi connectivity index (χ0) is 37.2. The lowest BCUT2D eigenvalue weighted by Gasteiger charge is -2.50. The molecule has 2 amide bonds. The molecule has 6 heterocycles. The number of piperidine rings is 3. The van der Waals surface area contributed by atoms with E-state index in [0.717, 1.165) is 48.5 Å². The van der Waals surface area contributed by atoms with E-state index in [4.69, 9.17) is 9.47 Å². The summed E-state index contributed by atoms with van der Waals surface area (Å²) < 4.78 is 11.9. The molecular formula is C41H43N5O7S. The number of amides is 2. The summed E-state index contributed by atoms with van der Waals surface area (Å²) in [6.45, 7) is 4.84. The first kappa shape index (κ1) is 35.8. The van der Waals surface area contributed by atoms with Crippen LogP contribution in [0.4, 0.5) is 4.79 Å². The van der Waals surface area contributed by atoms with Gasteiger partial charge in [-0.2, -0.15) is 0 Å². The Hall–Kier alpha value is -5.21. The van der Waals surface area contributed by atoms with Gasteiger partial charge in [-0.3, -0.25) is 14.5 Å². The van der Waals surface area contributed by atoms with E-state index in [-0.39, 0.29) is 29.9 Å². The van der Waals surface area contributed by atoms with E-state index in [1.165, 1.54) is 12.1 Å². The Bertz CT molecular complexity index is 2160. The predicted octanol–water partition coefficient (Wildman–Crippen LogP) is 4.87. The monoisotopic (exact) mass is 749 g/mol. The third-order valence-electron chi connectivity index (χ3n) is 10.9. The fourth-order valence-corrected chi connectivity index (χ4v) is 8.68. The number of carbonyl (C=O) groups is 2. The Labute approximate surface area is 316 Å². The number of alkyl carbamates (subject to hydrolysis) is 1. The van der Waals surface area contributed by atoms with Crippen molar-refractivity contribution in [1.82, 2.24) is 25.4 Å². The smallest absolute Gasteiger partial charge is 0.408 e. The highest BCUT2D eigenvalue weighted by atomic mass is 32.1. The molecule has 54 heavy (non-hydrogen) atoms. The predicted molar refractivity (Wildman–Crippen MR) is 205 cm³/mol. The van der Waals surface area contributed by atoms with Crippen molar-refractivity contribution in [2.75, 3.05) is 39.3 Å². The highest BCUT2D eigenvalue weighted by molar-refractivity contribution is 7.10. The molecule has 4 fully saturated rings. The topological polar surface area (TPSA) is 156 Å². The number of pyridine rings is 1.